The third kappa shape index (κ3) is 5.20. The van der Waals surface area contributed by atoms with Gasteiger partial charge in [-0.1, -0.05) is 18.2 Å². The molecule has 2 aliphatic heterocycles. The van der Waals surface area contributed by atoms with Crippen LogP contribution in [0.3, 0.4) is 0 Å². The van der Waals surface area contributed by atoms with Crippen molar-refractivity contribution >= 4 is 11.8 Å². The molecule has 0 aromatic heterocycles. The van der Waals surface area contributed by atoms with Crippen LogP contribution < -0.4 is 10.1 Å². The summed E-state index contributed by atoms with van der Waals surface area (Å²) in [5.41, 5.74) is 1.01. The average Bonchev–Trinajstić information content (AvgIpc) is 2.70. The predicted octanol–water partition coefficient (Wildman–Crippen LogP) is 0.812. The maximum absolute atomic E-state index is 12.7. The lowest BCUT2D eigenvalue weighted by atomic mass is 10.1. The summed E-state index contributed by atoms with van der Waals surface area (Å²) in [6.45, 7) is 8.03. The van der Waals surface area contributed by atoms with E-state index in [0.717, 1.165) is 17.9 Å². The van der Waals surface area contributed by atoms with Gasteiger partial charge in [0.1, 0.15) is 5.75 Å². The standard InChI is InChI=1S/C20H29N3O4/c1-15-5-3-4-6-18(15)27-16(2)20(25)23-10-8-22(9-11-23)19(24)13-17-14-26-12-7-21-17/h3-6,16-17,21H,7-14H2,1-2H3. The van der Waals surface area contributed by atoms with Gasteiger partial charge in [0, 0.05) is 45.2 Å². The summed E-state index contributed by atoms with van der Waals surface area (Å²) in [4.78, 5) is 28.8. The summed E-state index contributed by atoms with van der Waals surface area (Å²) < 4.78 is 11.2. The molecule has 3 rings (SSSR count). The van der Waals surface area contributed by atoms with Crippen LogP contribution in [0.15, 0.2) is 24.3 Å². The van der Waals surface area contributed by atoms with Crippen molar-refractivity contribution in [1.29, 1.82) is 0 Å². The van der Waals surface area contributed by atoms with Gasteiger partial charge in [-0.15, -0.1) is 0 Å². The molecule has 0 spiro atoms. The Morgan fingerprint density at radius 3 is 2.59 bits per heavy atom. The Bertz CT molecular complexity index is 652. The summed E-state index contributed by atoms with van der Waals surface area (Å²) in [7, 11) is 0. The number of nitrogens with one attached hydrogen (secondary N) is 1. The Morgan fingerprint density at radius 1 is 1.22 bits per heavy atom. The third-order valence-electron chi connectivity index (χ3n) is 5.11. The Balaban J connectivity index is 1.45. The molecule has 1 N–H and O–H groups in total. The molecule has 0 bridgehead atoms. The third-order valence-corrected chi connectivity index (χ3v) is 5.11. The molecule has 7 heteroatoms. The first kappa shape index (κ1) is 19.6. The highest BCUT2D eigenvalue weighted by Gasteiger charge is 2.29. The molecule has 0 radical (unpaired) electrons. The van der Waals surface area contributed by atoms with Crippen LogP contribution >= 0.6 is 0 Å². The normalized spacial score (nSPS) is 21.6. The molecule has 1 aromatic rings. The van der Waals surface area contributed by atoms with Gasteiger partial charge in [0.15, 0.2) is 6.10 Å². The zero-order valence-electron chi connectivity index (χ0n) is 16.1. The fourth-order valence-corrected chi connectivity index (χ4v) is 3.45. The van der Waals surface area contributed by atoms with Gasteiger partial charge < -0.3 is 24.6 Å². The number of carbonyl (C=O) groups excluding carboxylic acids is 2. The van der Waals surface area contributed by atoms with E-state index >= 15 is 0 Å². The largest absolute Gasteiger partial charge is 0.481 e. The zero-order valence-corrected chi connectivity index (χ0v) is 16.1. The maximum Gasteiger partial charge on any atom is 0.263 e. The first-order chi connectivity index (χ1) is 13.0. The van der Waals surface area contributed by atoms with Crippen LogP contribution in [0.1, 0.15) is 18.9 Å². The molecule has 27 heavy (non-hydrogen) atoms. The second-order valence-electron chi connectivity index (χ2n) is 7.16. The molecular formula is C20H29N3O4. The Morgan fingerprint density at radius 2 is 1.93 bits per heavy atom. The summed E-state index contributed by atoms with van der Waals surface area (Å²) in [5.74, 6) is 0.816. The topological polar surface area (TPSA) is 71.1 Å². The van der Waals surface area contributed by atoms with Crippen molar-refractivity contribution in [2.45, 2.75) is 32.4 Å². The molecule has 2 heterocycles. The van der Waals surface area contributed by atoms with Crippen LogP contribution in [0.25, 0.3) is 0 Å². The summed E-state index contributed by atoms with van der Waals surface area (Å²) >= 11 is 0. The number of hydrogen-bond acceptors (Lipinski definition) is 5. The minimum atomic E-state index is -0.545. The van der Waals surface area contributed by atoms with E-state index in [0.29, 0.717) is 45.8 Å². The minimum absolute atomic E-state index is 0.0345. The smallest absolute Gasteiger partial charge is 0.263 e. The van der Waals surface area contributed by atoms with E-state index in [4.69, 9.17) is 9.47 Å². The number of ether oxygens (including phenoxy) is 2. The number of piperazine rings is 1. The Labute approximate surface area is 160 Å². The molecule has 1 aromatic carbocycles. The van der Waals surface area contributed by atoms with Gasteiger partial charge in [0.05, 0.1) is 13.2 Å². The van der Waals surface area contributed by atoms with E-state index in [1.165, 1.54) is 0 Å². The maximum atomic E-state index is 12.7. The van der Waals surface area contributed by atoms with Crippen molar-refractivity contribution in [3.8, 4) is 5.75 Å². The van der Waals surface area contributed by atoms with Crippen LogP contribution in [0.2, 0.25) is 0 Å². The highest BCUT2D eigenvalue weighted by atomic mass is 16.5. The fraction of sp³-hybridized carbons (Fsp3) is 0.600. The SMILES string of the molecule is Cc1ccccc1OC(C)C(=O)N1CCN(C(=O)CC2COCCN2)CC1. The number of rotatable bonds is 5. The van der Waals surface area contributed by atoms with Crippen LogP contribution in [-0.4, -0.2) is 79.7 Å². The summed E-state index contributed by atoms with van der Waals surface area (Å²) in [5, 5.41) is 3.31. The Kier molecular flexibility index (Phi) is 6.68. The lowest BCUT2D eigenvalue weighted by Gasteiger charge is -2.36. The van der Waals surface area contributed by atoms with Gasteiger partial charge >= 0.3 is 0 Å². The van der Waals surface area contributed by atoms with E-state index in [2.05, 4.69) is 5.32 Å². The highest BCUT2D eigenvalue weighted by molar-refractivity contribution is 5.82. The van der Waals surface area contributed by atoms with E-state index in [-0.39, 0.29) is 17.9 Å². The summed E-state index contributed by atoms with van der Waals surface area (Å²) in [6, 6.07) is 7.77. The molecule has 0 aliphatic carbocycles. The molecule has 2 saturated heterocycles. The predicted molar refractivity (Wildman–Crippen MR) is 102 cm³/mol. The lowest BCUT2D eigenvalue weighted by Crippen LogP contribution is -2.54. The average molecular weight is 375 g/mol. The molecule has 2 atom stereocenters. The van der Waals surface area contributed by atoms with E-state index in [1.807, 2.05) is 36.1 Å². The first-order valence-corrected chi connectivity index (χ1v) is 9.64. The van der Waals surface area contributed by atoms with E-state index in [1.54, 1.807) is 11.8 Å². The number of benzene rings is 1. The second kappa shape index (κ2) is 9.19. The zero-order chi connectivity index (χ0) is 19.2. The monoisotopic (exact) mass is 375 g/mol. The van der Waals surface area contributed by atoms with Crippen molar-refractivity contribution in [1.82, 2.24) is 15.1 Å². The first-order valence-electron chi connectivity index (χ1n) is 9.64. The number of nitrogens with zero attached hydrogens (tertiary/aromatic N) is 2. The fourth-order valence-electron chi connectivity index (χ4n) is 3.45. The van der Waals surface area contributed by atoms with Crippen molar-refractivity contribution in [2.75, 3.05) is 45.9 Å². The molecule has 2 aliphatic rings. The highest BCUT2D eigenvalue weighted by Crippen LogP contribution is 2.19. The number of hydrogen-bond donors (Lipinski definition) is 1. The molecule has 7 nitrogen and oxygen atoms in total. The number of morpholine rings is 1. The number of amides is 2. The van der Waals surface area contributed by atoms with Crippen molar-refractivity contribution < 1.29 is 19.1 Å². The number of para-hydroxylation sites is 1. The van der Waals surface area contributed by atoms with Crippen molar-refractivity contribution in [2.24, 2.45) is 0 Å². The van der Waals surface area contributed by atoms with E-state index < -0.39 is 6.10 Å². The number of carbonyl (C=O) groups is 2. The van der Waals surface area contributed by atoms with Crippen molar-refractivity contribution in [3.63, 3.8) is 0 Å². The van der Waals surface area contributed by atoms with Gasteiger partial charge in [0.25, 0.3) is 5.91 Å². The summed E-state index contributed by atoms with van der Waals surface area (Å²) in [6.07, 6.45) is -0.0993. The lowest BCUT2D eigenvalue weighted by molar-refractivity contribution is -0.144. The van der Waals surface area contributed by atoms with Crippen LogP contribution in [0.4, 0.5) is 0 Å². The quantitative estimate of drug-likeness (QED) is 0.825. The van der Waals surface area contributed by atoms with Gasteiger partial charge in [-0.05, 0) is 25.5 Å². The van der Waals surface area contributed by atoms with Crippen LogP contribution in [0, 0.1) is 6.92 Å². The Hall–Kier alpha value is -2.12. The van der Waals surface area contributed by atoms with Gasteiger partial charge in [-0.2, -0.15) is 0 Å². The molecule has 148 valence electrons. The molecule has 2 unspecified atom stereocenters. The number of aryl methyl sites for hydroxylation is 1. The molecule has 2 fully saturated rings. The van der Waals surface area contributed by atoms with Crippen molar-refractivity contribution in [3.05, 3.63) is 29.8 Å². The molecular weight excluding hydrogens is 346 g/mol. The van der Waals surface area contributed by atoms with Crippen LogP contribution in [-0.2, 0) is 14.3 Å². The minimum Gasteiger partial charge on any atom is -0.481 e. The van der Waals surface area contributed by atoms with Gasteiger partial charge in [0.2, 0.25) is 5.91 Å². The van der Waals surface area contributed by atoms with Gasteiger partial charge in [-0.25, -0.2) is 0 Å². The second-order valence-corrected chi connectivity index (χ2v) is 7.16. The molecule has 2 amide bonds. The van der Waals surface area contributed by atoms with Gasteiger partial charge in [-0.3, -0.25) is 9.59 Å². The van der Waals surface area contributed by atoms with Crippen LogP contribution in [0.5, 0.6) is 5.75 Å². The molecule has 0 saturated carbocycles. The van der Waals surface area contributed by atoms with E-state index in [9.17, 15) is 9.59 Å².